The van der Waals surface area contributed by atoms with Crippen LogP contribution in [-0.4, -0.2) is 38.3 Å². The fourth-order valence-corrected chi connectivity index (χ4v) is 5.31. The molecule has 0 atom stereocenters. The van der Waals surface area contributed by atoms with Crippen molar-refractivity contribution < 1.29 is 17.6 Å². The Balaban J connectivity index is 1.45. The molecule has 0 unspecified atom stereocenters. The van der Waals surface area contributed by atoms with E-state index in [1.54, 1.807) is 11.0 Å². The molecule has 1 fully saturated rings. The highest BCUT2D eigenvalue weighted by molar-refractivity contribution is 6.30. The highest BCUT2D eigenvalue weighted by atomic mass is 35.5. The first-order valence-corrected chi connectivity index (χ1v) is 12.4. The van der Waals surface area contributed by atoms with Gasteiger partial charge >= 0.3 is 6.18 Å². The van der Waals surface area contributed by atoms with E-state index in [0.29, 0.717) is 49.9 Å². The summed E-state index contributed by atoms with van der Waals surface area (Å²) in [4.78, 5) is 3.68. The molecule has 11 heteroatoms. The summed E-state index contributed by atoms with van der Waals surface area (Å²) in [5.74, 6) is 0.186. The summed E-state index contributed by atoms with van der Waals surface area (Å²) >= 11 is 6.31. The molecule has 6 nitrogen and oxygen atoms in total. The number of nitriles is 1. The molecule has 0 bridgehead atoms. The van der Waals surface area contributed by atoms with Crippen molar-refractivity contribution in [3.05, 3.63) is 70.0 Å². The molecule has 37 heavy (non-hydrogen) atoms. The van der Waals surface area contributed by atoms with Crippen LogP contribution >= 0.6 is 11.6 Å². The van der Waals surface area contributed by atoms with Gasteiger partial charge in [0.05, 0.1) is 29.6 Å². The number of benzene rings is 2. The van der Waals surface area contributed by atoms with Crippen molar-refractivity contribution in [3.63, 3.8) is 0 Å². The van der Waals surface area contributed by atoms with Gasteiger partial charge in [-0.25, -0.2) is 4.39 Å². The van der Waals surface area contributed by atoms with Crippen LogP contribution in [0.25, 0.3) is 5.69 Å². The molecular weight excluding hydrogens is 508 g/mol. The molecule has 3 aromatic rings. The molecule has 3 heterocycles. The van der Waals surface area contributed by atoms with E-state index in [9.17, 15) is 22.8 Å². The van der Waals surface area contributed by atoms with Crippen LogP contribution in [-0.2, 0) is 19.3 Å². The number of aromatic nitrogens is 3. The number of hydrogen-bond acceptors (Lipinski definition) is 5. The second-order valence-electron chi connectivity index (χ2n) is 10.0. The van der Waals surface area contributed by atoms with Crippen molar-refractivity contribution in [2.45, 2.75) is 57.4 Å². The zero-order valence-corrected chi connectivity index (χ0v) is 21.1. The molecule has 0 spiro atoms. The third-order valence-corrected chi connectivity index (χ3v) is 7.51. The van der Waals surface area contributed by atoms with E-state index in [-0.39, 0.29) is 11.6 Å². The van der Waals surface area contributed by atoms with E-state index >= 15 is 0 Å². The van der Waals surface area contributed by atoms with Crippen LogP contribution in [0, 0.1) is 17.1 Å². The SMILES string of the molecule is CC(C)(C#N)N1Cc2cc(Cl)ccc2-n2c(nnc2C2CCN(c3cccc(C(F)(F)F)c3F)CC2)C1. The standard InChI is InChI=1S/C26H25ClF4N6/c1-25(2,15-32)36-13-17-12-18(27)6-7-20(17)37-22(14-36)33-34-24(37)16-8-10-35(11-9-16)21-5-3-4-19(23(21)28)26(29,30)31/h3-7,12,16H,8-11,13-14H2,1-2H3. The van der Waals surface area contributed by atoms with Crippen molar-refractivity contribution in [1.82, 2.24) is 19.7 Å². The average molecular weight is 533 g/mol. The highest BCUT2D eigenvalue weighted by Gasteiger charge is 2.37. The van der Waals surface area contributed by atoms with Gasteiger partial charge < -0.3 is 4.90 Å². The first kappa shape index (κ1) is 25.5. The summed E-state index contributed by atoms with van der Waals surface area (Å²) in [5, 5.41) is 19.3. The van der Waals surface area contributed by atoms with E-state index in [2.05, 4.69) is 16.3 Å². The Bertz CT molecular complexity index is 1370. The molecule has 0 saturated carbocycles. The lowest BCUT2D eigenvalue weighted by Gasteiger charge is -2.34. The van der Waals surface area contributed by atoms with Gasteiger partial charge in [-0.15, -0.1) is 10.2 Å². The predicted molar refractivity (Wildman–Crippen MR) is 131 cm³/mol. The van der Waals surface area contributed by atoms with Gasteiger partial charge in [0.1, 0.15) is 11.4 Å². The molecular formula is C26H25ClF4N6. The lowest BCUT2D eigenvalue weighted by Crippen LogP contribution is -2.41. The second-order valence-corrected chi connectivity index (χ2v) is 10.4. The monoisotopic (exact) mass is 532 g/mol. The third-order valence-electron chi connectivity index (χ3n) is 7.28. The van der Waals surface area contributed by atoms with Gasteiger partial charge in [0.15, 0.2) is 11.6 Å². The maximum atomic E-state index is 14.7. The van der Waals surface area contributed by atoms with Gasteiger partial charge in [0.2, 0.25) is 0 Å². The summed E-state index contributed by atoms with van der Waals surface area (Å²) < 4.78 is 56.3. The fourth-order valence-electron chi connectivity index (χ4n) is 5.12. The van der Waals surface area contributed by atoms with Gasteiger partial charge in [0, 0.05) is 30.6 Å². The maximum Gasteiger partial charge on any atom is 0.419 e. The largest absolute Gasteiger partial charge is 0.419 e. The molecule has 2 aliphatic heterocycles. The Morgan fingerprint density at radius 3 is 2.43 bits per heavy atom. The molecule has 0 N–H and O–H groups in total. The summed E-state index contributed by atoms with van der Waals surface area (Å²) in [5.41, 5.74) is -0.208. The minimum atomic E-state index is -4.75. The minimum absolute atomic E-state index is 0.0228. The molecule has 194 valence electrons. The van der Waals surface area contributed by atoms with Gasteiger partial charge in [-0.2, -0.15) is 18.4 Å². The molecule has 2 aromatic carbocycles. The molecule has 2 aliphatic rings. The normalized spacial score (nSPS) is 17.2. The Kier molecular flexibility index (Phi) is 6.40. The molecule has 0 amide bonds. The van der Waals surface area contributed by atoms with Gasteiger partial charge in [-0.05, 0) is 62.6 Å². The number of alkyl halides is 3. The quantitative estimate of drug-likeness (QED) is 0.383. The van der Waals surface area contributed by atoms with Crippen LogP contribution in [0.1, 0.15) is 55.4 Å². The number of piperidine rings is 1. The number of halogens is 5. The lowest BCUT2D eigenvalue weighted by molar-refractivity contribution is -0.139. The van der Waals surface area contributed by atoms with E-state index in [1.807, 2.05) is 35.4 Å². The predicted octanol–water partition coefficient (Wildman–Crippen LogP) is 6.08. The van der Waals surface area contributed by atoms with Gasteiger partial charge in [-0.1, -0.05) is 17.7 Å². The van der Waals surface area contributed by atoms with Gasteiger partial charge in [0.25, 0.3) is 0 Å². The zero-order chi connectivity index (χ0) is 26.5. The maximum absolute atomic E-state index is 14.7. The van der Waals surface area contributed by atoms with Crippen molar-refractivity contribution >= 4 is 17.3 Å². The Morgan fingerprint density at radius 2 is 1.76 bits per heavy atom. The second kappa shape index (κ2) is 9.30. The molecule has 0 aliphatic carbocycles. The van der Waals surface area contributed by atoms with Gasteiger partial charge in [-0.3, -0.25) is 9.47 Å². The van der Waals surface area contributed by atoms with E-state index in [4.69, 9.17) is 11.6 Å². The summed E-state index contributed by atoms with van der Waals surface area (Å²) in [6.07, 6.45) is -3.60. The van der Waals surface area contributed by atoms with Crippen LogP contribution in [0.4, 0.5) is 23.2 Å². The third kappa shape index (κ3) is 4.66. The first-order valence-electron chi connectivity index (χ1n) is 12.0. The summed E-state index contributed by atoms with van der Waals surface area (Å²) in [6, 6.07) is 11.3. The number of fused-ring (bicyclic) bond motifs is 3. The average Bonchev–Trinajstić information content (AvgIpc) is 3.19. The minimum Gasteiger partial charge on any atom is -0.369 e. The topological polar surface area (TPSA) is 61.0 Å². The van der Waals surface area contributed by atoms with Crippen molar-refractivity contribution in [1.29, 1.82) is 5.26 Å². The first-order chi connectivity index (χ1) is 17.5. The number of hydrogen-bond donors (Lipinski definition) is 0. The fraction of sp³-hybridized carbons (Fsp3) is 0.423. The van der Waals surface area contributed by atoms with E-state index in [0.717, 1.165) is 23.1 Å². The highest BCUT2D eigenvalue weighted by Crippen LogP contribution is 2.39. The van der Waals surface area contributed by atoms with Crippen LogP contribution < -0.4 is 4.90 Å². The van der Waals surface area contributed by atoms with Crippen LogP contribution in [0.3, 0.4) is 0 Å². The van der Waals surface area contributed by atoms with Crippen molar-refractivity contribution in [3.8, 4) is 11.8 Å². The summed E-state index contributed by atoms with van der Waals surface area (Å²) in [7, 11) is 0. The molecule has 0 radical (unpaired) electrons. The van der Waals surface area contributed by atoms with Crippen LogP contribution in [0.15, 0.2) is 36.4 Å². The molecule has 1 saturated heterocycles. The number of nitrogens with zero attached hydrogens (tertiary/aromatic N) is 6. The molecule has 5 rings (SSSR count). The Morgan fingerprint density at radius 1 is 1.03 bits per heavy atom. The lowest BCUT2D eigenvalue weighted by atomic mass is 9.95. The van der Waals surface area contributed by atoms with Crippen molar-refractivity contribution in [2.75, 3.05) is 18.0 Å². The van der Waals surface area contributed by atoms with E-state index in [1.165, 1.54) is 12.1 Å². The Labute approximate surface area is 217 Å². The zero-order valence-electron chi connectivity index (χ0n) is 20.4. The summed E-state index contributed by atoms with van der Waals surface area (Å²) in [6.45, 7) is 5.39. The van der Waals surface area contributed by atoms with Crippen LogP contribution in [0.5, 0.6) is 0 Å². The molecule has 1 aromatic heterocycles. The van der Waals surface area contributed by atoms with Crippen molar-refractivity contribution in [2.24, 2.45) is 0 Å². The Hall–Kier alpha value is -3.16. The number of anilines is 1. The smallest absolute Gasteiger partial charge is 0.369 e. The number of rotatable bonds is 3. The van der Waals surface area contributed by atoms with E-state index < -0.39 is 23.1 Å². The van der Waals surface area contributed by atoms with Crippen LogP contribution in [0.2, 0.25) is 5.02 Å².